The van der Waals surface area contributed by atoms with Crippen LogP contribution in [-0.4, -0.2) is 50.5 Å². The molecule has 0 bridgehead atoms. The van der Waals surface area contributed by atoms with Gasteiger partial charge in [0.1, 0.15) is 5.69 Å². The van der Waals surface area contributed by atoms with Gasteiger partial charge in [0.2, 0.25) is 11.7 Å². The molecule has 0 saturated carbocycles. The van der Waals surface area contributed by atoms with Crippen molar-refractivity contribution in [1.29, 1.82) is 0 Å². The molecule has 1 amide bonds. The Balaban J connectivity index is 1.69. The highest BCUT2D eigenvalue weighted by atomic mass is 32.2. The molecule has 0 unspecified atom stereocenters. The summed E-state index contributed by atoms with van der Waals surface area (Å²) in [5, 5.41) is 18.7. The van der Waals surface area contributed by atoms with E-state index < -0.39 is 0 Å². The lowest BCUT2D eigenvalue weighted by molar-refractivity contribution is -0.113. The number of amides is 1. The highest BCUT2D eigenvalue weighted by Gasteiger charge is 2.18. The molecule has 0 spiro atoms. The number of carbonyl (C=O) groups excluding carboxylic acids is 1. The van der Waals surface area contributed by atoms with E-state index in [-0.39, 0.29) is 11.7 Å². The number of ether oxygens (including phenoxy) is 1. The van der Waals surface area contributed by atoms with Crippen molar-refractivity contribution in [3.05, 3.63) is 24.1 Å². The number of hydrogen-bond donors (Lipinski definition) is 1. The van der Waals surface area contributed by atoms with Gasteiger partial charge in [-0.1, -0.05) is 16.9 Å². The van der Waals surface area contributed by atoms with Gasteiger partial charge in [-0.05, 0) is 24.2 Å². The van der Waals surface area contributed by atoms with Gasteiger partial charge in [-0.2, -0.15) is 0 Å². The SMILES string of the molecule is COCCn1c(SCC(=O)Nc2nonc2C)nnc1-c1ccco1. The molecule has 0 aromatic carbocycles. The summed E-state index contributed by atoms with van der Waals surface area (Å²) in [6, 6.07) is 3.58. The van der Waals surface area contributed by atoms with Crippen LogP contribution in [0.25, 0.3) is 11.6 Å². The fraction of sp³-hybridized carbons (Fsp3) is 0.357. The highest BCUT2D eigenvalue weighted by Crippen LogP contribution is 2.24. The smallest absolute Gasteiger partial charge is 0.236 e. The van der Waals surface area contributed by atoms with Gasteiger partial charge in [-0.25, -0.2) is 4.63 Å². The van der Waals surface area contributed by atoms with Crippen LogP contribution in [0.4, 0.5) is 5.82 Å². The topological polar surface area (TPSA) is 121 Å². The molecule has 3 aromatic rings. The normalized spacial score (nSPS) is 11.0. The minimum Gasteiger partial charge on any atom is -0.461 e. The number of thioether (sulfide) groups is 1. The van der Waals surface area contributed by atoms with Crippen LogP contribution in [0.3, 0.4) is 0 Å². The summed E-state index contributed by atoms with van der Waals surface area (Å²) in [6.45, 7) is 2.71. The zero-order chi connectivity index (χ0) is 17.6. The minimum atomic E-state index is -0.246. The molecule has 25 heavy (non-hydrogen) atoms. The molecular weight excluding hydrogens is 348 g/mol. The van der Waals surface area contributed by atoms with E-state index in [9.17, 15) is 4.79 Å². The Labute approximate surface area is 146 Å². The summed E-state index contributed by atoms with van der Waals surface area (Å²) >= 11 is 1.25. The zero-order valence-electron chi connectivity index (χ0n) is 13.6. The standard InChI is InChI=1S/C14H16N6O4S/c1-9-12(19-24-18-9)15-11(21)8-25-14-17-16-13(10-4-3-6-23-10)20(14)5-7-22-2/h3-4,6H,5,7-8H2,1-2H3,(H,15,19,21). The number of hydrogen-bond acceptors (Lipinski definition) is 9. The summed E-state index contributed by atoms with van der Waals surface area (Å²) < 4.78 is 16.9. The Morgan fingerprint density at radius 2 is 2.28 bits per heavy atom. The van der Waals surface area contributed by atoms with E-state index in [0.717, 1.165) is 0 Å². The maximum Gasteiger partial charge on any atom is 0.236 e. The van der Waals surface area contributed by atoms with Crippen LogP contribution >= 0.6 is 11.8 Å². The summed E-state index contributed by atoms with van der Waals surface area (Å²) in [7, 11) is 1.62. The van der Waals surface area contributed by atoms with Gasteiger partial charge in [-0.3, -0.25) is 9.36 Å². The summed E-state index contributed by atoms with van der Waals surface area (Å²) in [4.78, 5) is 12.1. The van der Waals surface area contributed by atoms with Gasteiger partial charge in [0, 0.05) is 7.11 Å². The van der Waals surface area contributed by atoms with Gasteiger partial charge in [-0.15, -0.1) is 10.2 Å². The Hall–Kier alpha value is -2.66. The largest absolute Gasteiger partial charge is 0.461 e. The van der Waals surface area contributed by atoms with Crippen molar-refractivity contribution in [3.63, 3.8) is 0 Å². The Kier molecular flexibility index (Phi) is 5.46. The van der Waals surface area contributed by atoms with Gasteiger partial charge >= 0.3 is 0 Å². The number of nitrogens with zero attached hydrogens (tertiary/aromatic N) is 5. The fourth-order valence-corrected chi connectivity index (χ4v) is 2.78. The fourth-order valence-electron chi connectivity index (χ4n) is 2.01. The van der Waals surface area contributed by atoms with Crippen LogP contribution in [0.15, 0.2) is 32.6 Å². The van der Waals surface area contributed by atoms with Crippen LogP contribution in [0.2, 0.25) is 0 Å². The lowest BCUT2D eigenvalue weighted by atomic mass is 10.4. The van der Waals surface area contributed by atoms with E-state index in [0.29, 0.717) is 41.4 Å². The van der Waals surface area contributed by atoms with Crippen LogP contribution < -0.4 is 5.32 Å². The molecule has 0 radical (unpaired) electrons. The summed E-state index contributed by atoms with van der Waals surface area (Å²) in [5.74, 6) is 1.38. The molecule has 3 aromatic heterocycles. The first-order valence-electron chi connectivity index (χ1n) is 7.37. The molecule has 0 aliphatic heterocycles. The minimum absolute atomic E-state index is 0.134. The lowest BCUT2D eigenvalue weighted by Gasteiger charge is -2.08. The second-order valence-electron chi connectivity index (χ2n) is 4.96. The molecule has 0 atom stereocenters. The summed E-state index contributed by atoms with van der Waals surface area (Å²) in [6.07, 6.45) is 1.57. The van der Waals surface area contributed by atoms with Crippen molar-refractivity contribution in [2.75, 3.05) is 24.8 Å². The molecule has 3 rings (SSSR count). The first-order valence-corrected chi connectivity index (χ1v) is 8.35. The molecule has 3 heterocycles. The van der Waals surface area contributed by atoms with Crippen LogP contribution in [0, 0.1) is 6.92 Å². The number of furan rings is 1. The van der Waals surface area contributed by atoms with Gasteiger partial charge < -0.3 is 14.5 Å². The molecule has 1 N–H and O–H groups in total. The number of anilines is 1. The molecule has 11 heteroatoms. The third kappa shape index (κ3) is 4.06. The van der Waals surface area contributed by atoms with E-state index in [4.69, 9.17) is 9.15 Å². The third-order valence-electron chi connectivity index (χ3n) is 3.22. The second kappa shape index (κ2) is 7.94. The van der Waals surface area contributed by atoms with Crippen molar-refractivity contribution in [3.8, 4) is 11.6 Å². The predicted octanol–water partition coefficient (Wildman–Crippen LogP) is 1.61. The van der Waals surface area contributed by atoms with Crippen molar-refractivity contribution < 1.29 is 18.6 Å². The van der Waals surface area contributed by atoms with E-state index in [1.54, 1.807) is 32.4 Å². The molecule has 0 aliphatic rings. The number of aryl methyl sites for hydroxylation is 1. The van der Waals surface area contributed by atoms with Crippen molar-refractivity contribution in [1.82, 2.24) is 25.1 Å². The van der Waals surface area contributed by atoms with Crippen molar-refractivity contribution in [2.45, 2.75) is 18.6 Å². The third-order valence-corrected chi connectivity index (χ3v) is 4.19. The molecule has 10 nitrogen and oxygen atoms in total. The molecule has 0 aliphatic carbocycles. The number of aromatic nitrogens is 5. The van der Waals surface area contributed by atoms with Crippen LogP contribution in [0.1, 0.15) is 5.69 Å². The maximum atomic E-state index is 12.1. The van der Waals surface area contributed by atoms with E-state index >= 15 is 0 Å². The molecular formula is C14H16N6O4S. The van der Waals surface area contributed by atoms with E-state index in [1.165, 1.54) is 11.8 Å². The average Bonchev–Trinajstić information content (AvgIpc) is 3.33. The van der Waals surface area contributed by atoms with Crippen molar-refractivity contribution in [2.24, 2.45) is 0 Å². The van der Waals surface area contributed by atoms with Crippen LogP contribution in [0.5, 0.6) is 0 Å². The van der Waals surface area contributed by atoms with Gasteiger partial charge in [0.25, 0.3) is 0 Å². The molecule has 132 valence electrons. The van der Waals surface area contributed by atoms with Crippen molar-refractivity contribution >= 4 is 23.5 Å². The Morgan fingerprint density at radius 1 is 1.40 bits per heavy atom. The number of rotatable bonds is 8. The van der Waals surface area contributed by atoms with Gasteiger partial charge in [0.05, 0.1) is 25.2 Å². The van der Waals surface area contributed by atoms with Gasteiger partial charge in [0.15, 0.2) is 16.7 Å². The zero-order valence-corrected chi connectivity index (χ0v) is 14.4. The molecule has 0 fully saturated rings. The maximum absolute atomic E-state index is 12.1. The highest BCUT2D eigenvalue weighted by molar-refractivity contribution is 7.99. The Bertz CT molecular complexity index is 828. The summed E-state index contributed by atoms with van der Waals surface area (Å²) in [5.41, 5.74) is 0.515. The average molecular weight is 364 g/mol. The van der Waals surface area contributed by atoms with Crippen LogP contribution in [-0.2, 0) is 16.1 Å². The van der Waals surface area contributed by atoms with E-state index in [1.807, 2.05) is 4.57 Å². The number of nitrogens with one attached hydrogen (secondary N) is 1. The number of carbonyl (C=O) groups is 1. The number of methoxy groups -OCH3 is 1. The quantitative estimate of drug-likeness (QED) is 0.594. The monoisotopic (exact) mass is 364 g/mol. The lowest BCUT2D eigenvalue weighted by Crippen LogP contribution is -2.16. The predicted molar refractivity (Wildman–Crippen MR) is 88.0 cm³/mol. The first-order chi connectivity index (χ1) is 12.2. The first kappa shape index (κ1) is 17.2. The molecule has 0 saturated heterocycles. The Morgan fingerprint density at radius 3 is 2.96 bits per heavy atom. The second-order valence-corrected chi connectivity index (χ2v) is 5.91. The van der Waals surface area contributed by atoms with E-state index in [2.05, 4.69) is 30.5 Å².